The zero-order chi connectivity index (χ0) is 11.9. The summed E-state index contributed by atoms with van der Waals surface area (Å²) in [5.41, 5.74) is 4.38. The Kier molecular flexibility index (Phi) is 4.98. The molecule has 0 aliphatic carbocycles. The number of aryl methyl sites for hydroxylation is 1. The summed E-state index contributed by atoms with van der Waals surface area (Å²) in [6, 6.07) is 11.0. The molecule has 1 atom stereocenters. The molecule has 0 aromatic heterocycles. The van der Waals surface area contributed by atoms with Gasteiger partial charge in [-0.3, -0.25) is 11.3 Å². The van der Waals surface area contributed by atoms with Crippen LogP contribution in [0, 0.1) is 5.92 Å². The first-order valence-electron chi connectivity index (χ1n) is 6.48. The van der Waals surface area contributed by atoms with Gasteiger partial charge in [0.2, 0.25) is 0 Å². The molecule has 2 rings (SSSR count). The lowest BCUT2D eigenvalue weighted by Gasteiger charge is -2.29. The predicted molar refractivity (Wildman–Crippen MR) is 69.4 cm³/mol. The van der Waals surface area contributed by atoms with Crippen LogP contribution in [0.25, 0.3) is 0 Å². The van der Waals surface area contributed by atoms with Gasteiger partial charge in [-0.05, 0) is 37.2 Å². The maximum atomic E-state index is 5.68. The van der Waals surface area contributed by atoms with E-state index in [1.54, 1.807) is 0 Å². The SMILES string of the molecule is NNC(CCc1ccccc1)C1CCOCC1. The highest BCUT2D eigenvalue weighted by atomic mass is 16.5. The Morgan fingerprint density at radius 1 is 1.24 bits per heavy atom. The zero-order valence-electron chi connectivity index (χ0n) is 10.3. The van der Waals surface area contributed by atoms with Crippen molar-refractivity contribution in [3.8, 4) is 0 Å². The number of ether oxygens (including phenoxy) is 1. The van der Waals surface area contributed by atoms with Crippen molar-refractivity contribution >= 4 is 0 Å². The fraction of sp³-hybridized carbons (Fsp3) is 0.571. The lowest BCUT2D eigenvalue weighted by Crippen LogP contribution is -2.43. The summed E-state index contributed by atoms with van der Waals surface area (Å²) < 4.78 is 5.39. The third-order valence-electron chi connectivity index (χ3n) is 3.64. The van der Waals surface area contributed by atoms with Crippen LogP contribution in [0.2, 0.25) is 0 Å². The summed E-state index contributed by atoms with van der Waals surface area (Å²) >= 11 is 0. The second-order valence-corrected chi connectivity index (χ2v) is 4.75. The Balaban J connectivity index is 1.82. The van der Waals surface area contributed by atoms with Crippen LogP contribution in [-0.4, -0.2) is 19.3 Å². The van der Waals surface area contributed by atoms with Crippen molar-refractivity contribution in [2.75, 3.05) is 13.2 Å². The second-order valence-electron chi connectivity index (χ2n) is 4.75. The van der Waals surface area contributed by atoms with Gasteiger partial charge in [-0.25, -0.2) is 0 Å². The van der Waals surface area contributed by atoms with Crippen molar-refractivity contribution in [3.63, 3.8) is 0 Å². The summed E-state index contributed by atoms with van der Waals surface area (Å²) in [6.07, 6.45) is 4.45. The molecule has 3 nitrogen and oxygen atoms in total. The molecule has 17 heavy (non-hydrogen) atoms. The number of nitrogens with one attached hydrogen (secondary N) is 1. The number of hydrogen-bond acceptors (Lipinski definition) is 3. The molecule has 3 heteroatoms. The van der Waals surface area contributed by atoms with E-state index in [1.807, 2.05) is 0 Å². The van der Waals surface area contributed by atoms with Crippen LogP contribution in [0.3, 0.4) is 0 Å². The van der Waals surface area contributed by atoms with Crippen LogP contribution in [-0.2, 0) is 11.2 Å². The van der Waals surface area contributed by atoms with Crippen LogP contribution >= 0.6 is 0 Å². The van der Waals surface area contributed by atoms with Gasteiger partial charge in [-0.15, -0.1) is 0 Å². The minimum Gasteiger partial charge on any atom is -0.381 e. The Morgan fingerprint density at radius 3 is 2.59 bits per heavy atom. The standard InChI is InChI=1S/C14H22N2O/c15-16-14(13-8-10-17-11-9-13)7-6-12-4-2-1-3-5-12/h1-5,13-14,16H,6-11,15H2. The average molecular weight is 234 g/mol. The van der Waals surface area contributed by atoms with Gasteiger partial charge >= 0.3 is 0 Å². The van der Waals surface area contributed by atoms with Crippen molar-refractivity contribution in [3.05, 3.63) is 35.9 Å². The molecule has 1 aliphatic rings. The Bertz CT molecular complexity index is 309. The van der Waals surface area contributed by atoms with E-state index < -0.39 is 0 Å². The molecule has 0 bridgehead atoms. The molecule has 1 unspecified atom stereocenters. The van der Waals surface area contributed by atoms with Crippen LogP contribution in [0.4, 0.5) is 0 Å². The summed E-state index contributed by atoms with van der Waals surface area (Å²) in [6.45, 7) is 1.77. The molecule has 0 amide bonds. The average Bonchev–Trinajstić information content (AvgIpc) is 2.42. The van der Waals surface area contributed by atoms with E-state index in [-0.39, 0.29) is 0 Å². The van der Waals surface area contributed by atoms with Crippen LogP contribution in [0.5, 0.6) is 0 Å². The topological polar surface area (TPSA) is 47.3 Å². The van der Waals surface area contributed by atoms with Gasteiger partial charge in [0.25, 0.3) is 0 Å². The van der Waals surface area contributed by atoms with Gasteiger partial charge in [0.1, 0.15) is 0 Å². The highest BCUT2D eigenvalue weighted by Crippen LogP contribution is 2.21. The van der Waals surface area contributed by atoms with E-state index in [0.29, 0.717) is 12.0 Å². The summed E-state index contributed by atoms with van der Waals surface area (Å²) in [5.74, 6) is 6.34. The molecular formula is C14H22N2O. The Labute approximate surface area is 103 Å². The number of hydrazine groups is 1. The minimum absolute atomic E-state index is 0.416. The molecule has 3 N–H and O–H groups in total. The van der Waals surface area contributed by atoms with E-state index >= 15 is 0 Å². The smallest absolute Gasteiger partial charge is 0.0469 e. The molecule has 1 saturated heterocycles. The van der Waals surface area contributed by atoms with E-state index in [4.69, 9.17) is 10.6 Å². The lowest BCUT2D eigenvalue weighted by molar-refractivity contribution is 0.0526. The molecule has 0 radical (unpaired) electrons. The van der Waals surface area contributed by atoms with E-state index in [9.17, 15) is 0 Å². The zero-order valence-corrected chi connectivity index (χ0v) is 10.3. The van der Waals surface area contributed by atoms with E-state index in [1.165, 1.54) is 5.56 Å². The molecule has 94 valence electrons. The van der Waals surface area contributed by atoms with Crippen molar-refractivity contribution in [2.24, 2.45) is 11.8 Å². The molecule has 1 aliphatic heterocycles. The fourth-order valence-electron chi connectivity index (χ4n) is 2.54. The van der Waals surface area contributed by atoms with Gasteiger partial charge in [-0.1, -0.05) is 30.3 Å². The number of benzene rings is 1. The first-order chi connectivity index (χ1) is 8.40. The Hall–Kier alpha value is -0.900. The largest absolute Gasteiger partial charge is 0.381 e. The highest BCUT2D eigenvalue weighted by molar-refractivity contribution is 5.14. The first kappa shape index (κ1) is 12.6. The quantitative estimate of drug-likeness (QED) is 0.604. The van der Waals surface area contributed by atoms with Gasteiger partial charge in [0.15, 0.2) is 0 Å². The first-order valence-corrected chi connectivity index (χ1v) is 6.48. The summed E-state index contributed by atoms with van der Waals surface area (Å²) in [5, 5.41) is 0. The molecule has 1 fully saturated rings. The molecular weight excluding hydrogens is 212 g/mol. The monoisotopic (exact) mass is 234 g/mol. The molecule has 0 saturated carbocycles. The van der Waals surface area contributed by atoms with Gasteiger partial charge in [-0.2, -0.15) is 0 Å². The normalized spacial score (nSPS) is 19.1. The van der Waals surface area contributed by atoms with Crippen molar-refractivity contribution in [2.45, 2.75) is 31.7 Å². The molecule has 1 aromatic carbocycles. The van der Waals surface area contributed by atoms with Crippen molar-refractivity contribution < 1.29 is 4.74 Å². The number of rotatable bonds is 5. The minimum atomic E-state index is 0.416. The second kappa shape index (κ2) is 6.74. The van der Waals surface area contributed by atoms with Crippen LogP contribution in [0.1, 0.15) is 24.8 Å². The third-order valence-corrected chi connectivity index (χ3v) is 3.64. The summed E-state index contributed by atoms with van der Waals surface area (Å²) in [4.78, 5) is 0. The Morgan fingerprint density at radius 2 is 1.94 bits per heavy atom. The molecule has 1 aromatic rings. The summed E-state index contributed by atoms with van der Waals surface area (Å²) in [7, 11) is 0. The molecule has 0 spiro atoms. The lowest BCUT2D eigenvalue weighted by atomic mass is 9.88. The maximum absolute atomic E-state index is 5.68. The number of hydrogen-bond donors (Lipinski definition) is 2. The van der Waals surface area contributed by atoms with Gasteiger partial charge < -0.3 is 4.74 Å². The van der Waals surface area contributed by atoms with Crippen molar-refractivity contribution in [1.82, 2.24) is 5.43 Å². The van der Waals surface area contributed by atoms with E-state index in [2.05, 4.69) is 35.8 Å². The van der Waals surface area contributed by atoms with Crippen LogP contribution < -0.4 is 11.3 Å². The van der Waals surface area contributed by atoms with Gasteiger partial charge in [0.05, 0.1) is 0 Å². The van der Waals surface area contributed by atoms with Crippen molar-refractivity contribution in [1.29, 1.82) is 0 Å². The van der Waals surface area contributed by atoms with E-state index in [0.717, 1.165) is 38.9 Å². The maximum Gasteiger partial charge on any atom is 0.0469 e. The highest BCUT2D eigenvalue weighted by Gasteiger charge is 2.22. The van der Waals surface area contributed by atoms with Crippen LogP contribution in [0.15, 0.2) is 30.3 Å². The number of nitrogens with two attached hydrogens (primary N) is 1. The predicted octanol–water partition coefficient (Wildman–Crippen LogP) is 1.88. The third kappa shape index (κ3) is 3.80. The molecule has 1 heterocycles. The fourth-order valence-corrected chi connectivity index (χ4v) is 2.54. The van der Waals surface area contributed by atoms with Gasteiger partial charge in [0, 0.05) is 19.3 Å².